The van der Waals surface area contributed by atoms with Crippen LogP contribution in [-0.4, -0.2) is 20.4 Å². The number of anilines is 2. The molecule has 2 N–H and O–H groups in total. The quantitative estimate of drug-likeness (QED) is 0.534. The Morgan fingerprint density at radius 1 is 1.14 bits per heavy atom. The Morgan fingerprint density at radius 3 is 2.57 bits per heavy atom. The molecule has 0 aliphatic heterocycles. The predicted octanol–water partition coefficient (Wildman–Crippen LogP) is 5.24. The van der Waals surface area contributed by atoms with E-state index in [1.807, 2.05) is 0 Å². The Hall–Kier alpha value is -2.46. The highest BCUT2D eigenvalue weighted by Gasteiger charge is 2.15. The van der Waals surface area contributed by atoms with Crippen molar-refractivity contribution < 1.29 is 17.4 Å². The van der Waals surface area contributed by atoms with Crippen molar-refractivity contribution in [2.75, 3.05) is 11.6 Å². The SMILES string of the molecule is C[S@@](=N)(=O)Cc1cc(Br)cc(Nc2ncc(F)c(-c3ccc(F)cc3F)n2)c1. The molecule has 3 rings (SSSR count). The van der Waals surface area contributed by atoms with Crippen molar-refractivity contribution >= 4 is 37.3 Å². The van der Waals surface area contributed by atoms with Gasteiger partial charge >= 0.3 is 0 Å². The molecular weight excluding hydrogens is 457 g/mol. The summed E-state index contributed by atoms with van der Waals surface area (Å²) in [6, 6.07) is 7.84. The maximum Gasteiger partial charge on any atom is 0.227 e. The predicted molar refractivity (Wildman–Crippen MR) is 105 cm³/mol. The van der Waals surface area contributed by atoms with Crippen molar-refractivity contribution in [2.45, 2.75) is 5.75 Å². The van der Waals surface area contributed by atoms with Gasteiger partial charge in [0.2, 0.25) is 5.95 Å². The van der Waals surface area contributed by atoms with Gasteiger partial charge in [-0.2, -0.15) is 0 Å². The van der Waals surface area contributed by atoms with Crippen LogP contribution in [0.5, 0.6) is 0 Å². The lowest BCUT2D eigenvalue weighted by Gasteiger charge is -2.11. The molecule has 1 heterocycles. The van der Waals surface area contributed by atoms with E-state index in [-0.39, 0.29) is 23.0 Å². The standard InChI is InChI=1S/C18H14BrF3N4OS/c1-28(23,27)9-10-4-11(19)6-13(5-10)25-18-24-8-16(22)17(26-18)14-3-2-12(20)7-15(14)21/h2-8,23H,9H2,1H3,(H,24,25,26)/t28-/m1/s1. The molecule has 0 amide bonds. The van der Waals surface area contributed by atoms with Gasteiger partial charge in [-0.25, -0.2) is 27.3 Å². The molecule has 0 radical (unpaired) electrons. The van der Waals surface area contributed by atoms with Crippen LogP contribution in [0, 0.1) is 22.2 Å². The number of halogens is 4. The van der Waals surface area contributed by atoms with Gasteiger partial charge in [-0.15, -0.1) is 0 Å². The molecule has 10 heteroatoms. The van der Waals surface area contributed by atoms with Gasteiger partial charge < -0.3 is 5.32 Å². The number of aromatic nitrogens is 2. The molecule has 0 aliphatic rings. The average Bonchev–Trinajstić information content (AvgIpc) is 2.55. The Bertz CT molecular complexity index is 1160. The number of hydrogen-bond donors (Lipinski definition) is 2. The van der Waals surface area contributed by atoms with E-state index in [2.05, 4.69) is 31.2 Å². The van der Waals surface area contributed by atoms with Gasteiger partial charge in [0.25, 0.3) is 0 Å². The summed E-state index contributed by atoms with van der Waals surface area (Å²) >= 11 is 3.33. The van der Waals surface area contributed by atoms with Gasteiger partial charge in [-0.3, -0.25) is 4.78 Å². The van der Waals surface area contributed by atoms with Gasteiger partial charge in [-0.1, -0.05) is 15.9 Å². The number of nitrogens with zero attached hydrogens (tertiary/aromatic N) is 2. The molecule has 5 nitrogen and oxygen atoms in total. The Labute approximate surface area is 168 Å². The molecule has 28 heavy (non-hydrogen) atoms. The van der Waals surface area contributed by atoms with Crippen molar-refractivity contribution in [2.24, 2.45) is 0 Å². The van der Waals surface area contributed by atoms with Crippen LogP contribution >= 0.6 is 15.9 Å². The van der Waals surface area contributed by atoms with E-state index >= 15 is 0 Å². The smallest absolute Gasteiger partial charge is 0.227 e. The Morgan fingerprint density at radius 2 is 1.89 bits per heavy atom. The Kier molecular flexibility index (Phi) is 5.71. The van der Waals surface area contributed by atoms with Gasteiger partial charge in [-0.05, 0) is 35.9 Å². The monoisotopic (exact) mass is 470 g/mol. The first-order valence-electron chi connectivity index (χ1n) is 7.86. The van der Waals surface area contributed by atoms with Crippen LogP contribution in [0.2, 0.25) is 0 Å². The fourth-order valence-electron chi connectivity index (χ4n) is 2.55. The molecule has 2 aromatic carbocycles. The third-order valence-corrected chi connectivity index (χ3v) is 4.93. The largest absolute Gasteiger partial charge is 0.324 e. The summed E-state index contributed by atoms with van der Waals surface area (Å²) in [7, 11) is -2.74. The molecule has 1 aromatic heterocycles. The number of benzene rings is 2. The second-order valence-electron chi connectivity index (χ2n) is 6.14. The van der Waals surface area contributed by atoms with Crippen molar-refractivity contribution in [1.29, 1.82) is 4.78 Å². The average molecular weight is 471 g/mol. The molecular formula is C18H14BrF3N4OS. The molecule has 0 saturated carbocycles. The molecule has 146 valence electrons. The molecule has 0 fully saturated rings. The molecule has 0 unspecified atom stereocenters. The maximum absolute atomic E-state index is 14.1. The van der Waals surface area contributed by atoms with Gasteiger partial charge in [0.05, 0.1) is 11.9 Å². The third kappa shape index (κ3) is 5.08. The number of rotatable bonds is 5. The van der Waals surface area contributed by atoms with Crippen LogP contribution in [0.15, 0.2) is 47.1 Å². The first kappa shape index (κ1) is 20.3. The van der Waals surface area contributed by atoms with Gasteiger partial charge in [0.1, 0.15) is 17.3 Å². The number of nitrogens with one attached hydrogen (secondary N) is 2. The zero-order valence-electron chi connectivity index (χ0n) is 14.5. The van der Waals surface area contributed by atoms with Gasteiger partial charge in [0, 0.05) is 37.8 Å². The molecule has 0 aliphatic carbocycles. The zero-order chi connectivity index (χ0) is 20.5. The molecule has 1 atom stereocenters. The van der Waals surface area contributed by atoms with E-state index in [9.17, 15) is 17.4 Å². The van der Waals surface area contributed by atoms with Crippen LogP contribution in [0.25, 0.3) is 11.3 Å². The summed E-state index contributed by atoms with van der Waals surface area (Å²) in [5.41, 5.74) is 0.642. The van der Waals surface area contributed by atoms with Crippen LogP contribution < -0.4 is 5.32 Å². The first-order valence-corrected chi connectivity index (χ1v) is 10.8. The second kappa shape index (κ2) is 7.88. The summed E-state index contributed by atoms with van der Waals surface area (Å²) < 4.78 is 61.2. The van der Waals surface area contributed by atoms with Crippen LogP contribution in [0.4, 0.5) is 24.8 Å². The lowest BCUT2D eigenvalue weighted by Crippen LogP contribution is -2.03. The minimum absolute atomic E-state index is 0.00715. The van der Waals surface area contributed by atoms with Crippen molar-refractivity contribution in [1.82, 2.24) is 9.97 Å². The van der Waals surface area contributed by atoms with Crippen molar-refractivity contribution in [3.8, 4) is 11.3 Å². The van der Waals surface area contributed by atoms with Gasteiger partial charge in [0.15, 0.2) is 5.82 Å². The minimum Gasteiger partial charge on any atom is -0.324 e. The summed E-state index contributed by atoms with van der Waals surface area (Å²) in [5.74, 6) is -2.53. The highest BCUT2D eigenvalue weighted by atomic mass is 79.9. The fraction of sp³-hybridized carbons (Fsp3) is 0.111. The van der Waals surface area contributed by atoms with E-state index in [1.54, 1.807) is 18.2 Å². The number of hydrogen-bond acceptors (Lipinski definition) is 5. The summed E-state index contributed by atoms with van der Waals surface area (Å²) in [4.78, 5) is 7.83. The second-order valence-corrected chi connectivity index (χ2v) is 9.35. The van der Waals surface area contributed by atoms with Crippen LogP contribution in [0.3, 0.4) is 0 Å². The maximum atomic E-state index is 14.1. The molecule has 0 spiro atoms. The minimum atomic E-state index is -2.74. The lowest BCUT2D eigenvalue weighted by atomic mass is 10.1. The van der Waals surface area contributed by atoms with E-state index < -0.39 is 27.2 Å². The highest BCUT2D eigenvalue weighted by molar-refractivity contribution is 9.10. The fourth-order valence-corrected chi connectivity index (χ4v) is 3.89. The van der Waals surface area contributed by atoms with E-state index in [0.717, 1.165) is 18.3 Å². The Balaban J connectivity index is 1.96. The summed E-state index contributed by atoms with van der Waals surface area (Å²) in [6.07, 6.45) is 2.22. The zero-order valence-corrected chi connectivity index (χ0v) is 16.9. The third-order valence-electron chi connectivity index (χ3n) is 3.59. The summed E-state index contributed by atoms with van der Waals surface area (Å²) in [6.45, 7) is 0. The van der Waals surface area contributed by atoms with E-state index in [4.69, 9.17) is 4.78 Å². The molecule has 0 bridgehead atoms. The normalized spacial score (nSPS) is 13.2. The van der Waals surface area contributed by atoms with Crippen LogP contribution in [-0.2, 0) is 15.5 Å². The highest BCUT2D eigenvalue weighted by Crippen LogP contribution is 2.27. The van der Waals surface area contributed by atoms with E-state index in [0.29, 0.717) is 21.8 Å². The molecule has 0 saturated heterocycles. The van der Waals surface area contributed by atoms with Crippen LogP contribution in [0.1, 0.15) is 5.56 Å². The topological polar surface area (TPSA) is 78.7 Å². The van der Waals surface area contributed by atoms with Crippen molar-refractivity contribution in [3.05, 3.63) is 70.1 Å². The summed E-state index contributed by atoms with van der Waals surface area (Å²) in [5, 5.41) is 2.87. The lowest BCUT2D eigenvalue weighted by molar-refractivity contribution is 0.580. The van der Waals surface area contributed by atoms with Crippen molar-refractivity contribution in [3.63, 3.8) is 0 Å². The first-order chi connectivity index (χ1) is 13.1. The van der Waals surface area contributed by atoms with E-state index in [1.165, 1.54) is 6.26 Å². The molecule has 3 aromatic rings.